The fraction of sp³-hybridized carbons (Fsp3) is 0.435. The highest BCUT2D eigenvalue weighted by atomic mass is 16.6. The average molecular weight is 452 g/mol. The number of carbonyl (C=O) groups excluding carboxylic acids is 3. The second kappa shape index (κ2) is 11.6. The first kappa shape index (κ1) is 24.4. The maximum atomic E-state index is 13.4. The molecule has 2 N–H and O–H groups in total. The number of nitrogens with one attached hydrogen (secondary N) is 2. The Morgan fingerprint density at radius 2 is 1.94 bits per heavy atom. The minimum atomic E-state index is -0.888. The smallest absolute Gasteiger partial charge is 0.508 e. The van der Waals surface area contributed by atoms with E-state index in [2.05, 4.69) is 20.6 Å². The van der Waals surface area contributed by atoms with Crippen LogP contribution in [0, 0.1) is 5.92 Å². The Balaban J connectivity index is 1.78. The van der Waals surface area contributed by atoms with Crippen molar-refractivity contribution in [2.45, 2.75) is 58.1 Å². The maximum Gasteiger partial charge on any atom is 0.551 e. The lowest BCUT2D eigenvalue weighted by atomic mass is 9.72. The molecule has 174 valence electrons. The number of hydrogen-bond acceptors (Lipinski definition) is 7. The van der Waals surface area contributed by atoms with Gasteiger partial charge in [-0.2, -0.15) is 0 Å². The Morgan fingerprint density at radius 3 is 2.58 bits per heavy atom. The van der Waals surface area contributed by atoms with Crippen LogP contribution in [0.1, 0.15) is 49.7 Å². The number of carbonyl (C=O) groups is 3. The topological polar surface area (TPSA) is 120 Å². The third-order valence-corrected chi connectivity index (χ3v) is 5.15. The second-order valence-electron chi connectivity index (χ2n) is 8.56. The standard InChI is InChI=1S/C23H29BN4O5/c1-15(2)11-20(24-32-16(3)12-21(29)33-24)28-22(30)18(13-17-7-5-4-6-8-17)27-23(31)19-14-25-9-10-26-19/h4-10,14-16,18,20H,11-13H2,1-3H3,(H,27,31)(H,28,30)/t16-,18?,20?/m0/s1. The molecule has 0 spiro atoms. The molecule has 1 fully saturated rings. The zero-order valence-corrected chi connectivity index (χ0v) is 19.1. The van der Waals surface area contributed by atoms with Crippen LogP contribution in [0.25, 0.3) is 0 Å². The van der Waals surface area contributed by atoms with E-state index >= 15 is 0 Å². The Labute approximate surface area is 193 Å². The van der Waals surface area contributed by atoms with Gasteiger partial charge in [0.05, 0.1) is 24.7 Å². The van der Waals surface area contributed by atoms with Crippen LogP contribution in [-0.4, -0.2) is 53.0 Å². The Hall–Kier alpha value is -3.27. The summed E-state index contributed by atoms with van der Waals surface area (Å²) in [6.45, 7) is 5.80. The van der Waals surface area contributed by atoms with Crippen molar-refractivity contribution in [1.29, 1.82) is 0 Å². The van der Waals surface area contributed by atoms with Crippen molar-refractivity contribution in [2.24, 2.45) is 5.92 Å². The lowest BCUT2D eigenvalue weighted by molar-refractivity contribution is -0.142. The van der Waals surface area contributed by atoms with E-state index in [9.17, 15) is 14.4 Å². The van der Waals surface area contributed by atoms with Crippen LogP contribution in [0.2, 0.25) is 0 Å². The summed E-state index contributed by atoms with van der Waals surface area (Å²) in [4.78, 5) is 45.9. The number of aromatic nitrogens is 2. The lowest BCUT2D eigenvalue weighted by Gasteiger charge is -2.32. The van der Waals surface area contributed by atoms with Crippen LogP contribution >= 0.6 is 0 Å². The van der Waals surface area contributed by atoms with Crippen molar-refractivity contribution >= 4 is 24.9 Å². The number of hydrogen-bond donors (Lipinski definition) is 2. The van der Waals surface area contributed by atoms with Gasteiger partial charge in [-0.25, -0.2) is 4.98 Å². The predicted molar refractivity (Wildman–Crippen MR) is 122 cm³/mol. The van der Waals surface area contributed by atoms with Gasteiger partial charge in [0.15, 0.2) is 0 Å². The number of benzene rings is 1. The molecule has 2 heterocycles. The molecule has 2 amide bonds. The van der Waals surface area contributed by atoms with Gasteiger partial charge in [-0.05, 0) is 24.8 Å². The zero-order chi connectivity index (χ0) is 23.8. The molecule has 3 rings (SSSR count). The van der Waals surface area contributed by atoms with E-state index < -0.39 is 30.9 Å². The van der Waals surface area contributed by atoms with E-state index in [0.717, 1.165) is 5.56 Å². The van der Waals surface area contributed by atoms with E-state index in [0.29, 0.717) is 6.42 Å². The summed E-state index contributed by atoms with van der Waals surface area (Å²) in [6.07, 6.45) is 4.89. The molecule has 0 bridgehead atoms. The monoisotopic (exact) mass is 452 g/mol. The third kappa shape index (κ3) is 7.39. The van der Waals surface area contributed by atoms with E-state index in [1.54, 1.807) is 6.92 Å². The van der Waals surface area contributed by atoms with E-state index in [1.165, 1.54) is 18.6 Å². The summed E-state index contributed by atoms with van der Waals surface area (Å²) in [5.41, 5.74) is 0.993. The third-order valence-electron chi connectivity index (χ3n) is 5.15. The quantitative estimate of drug-likeness (QED) is 0.556. The van der Waals surface area contributed by atoms with Crippen LogP contribution in [-0.2, 0) is 25.3 Å². The molecule has 1 saturated heterocycles. The molecule has 0 saturated carbocycles. The molecule has 0 radical (unpaired) electrons. The summed E-state index contributed by atoms with van der Waals surface area (Å²) in [7, 11) is -0.888. The van der Waals surface area contributed by atoms with E-state index in [4.69, 9.17) is 9.31 Å². The van der Waals surface area contributed by atoms with Gasteiger partial charge in [0.2, 0.25) is 5.91 Å². The number of amides is 2. The van der Waals surface area contributed by atoms with Gasteiger partial charge in [0.1, 0.15) is 11.7 Å². The normalized spacial score (nSPS) is 17.8. The van der Waals surface area contributed by atoms with Crippen molar-refractivity contribution < 1.29 is 23.7 Å². The van der Waals surface area contributed by atoms with E-state index in [-0.39, 0.29) is 36.5 Å². The average Bonchev–Trinajstić information content (AvgIpc) is 2.78. The van der Waals surface area contributed by atoms with Crippen LogP contribution in [0.3, 0.4) is 0 Å². The molecule has 3 atom stereocenters. The second-order valence-corrected chi connectivity index (χ2v) is 8.56. The Bertz CT molecular complexity index is 944. The summed E-state index contributed by atoms with van der Waals surface area (Å²) in [6, 6.07) is 8.50. The van der Waals surface area contributed by atoms with E-state index in [1.807, 2.05) is 44.2 Å². The molecule has 10 heteroatoms. The molecule has 33 heavy (non-hydrogen) atoms. The molecular weight excluding hydrogens is 423 g/mol. The minimum absolute atomic E-state index is 0.112. The van der Waals surface area contributed by atoms with Crippen molar-refractivity contribution in [2.75, 3.05) is 0 Å². The van der Waals surface area contributed by atoms with Crippen molar-refractivity contribution in [3.05, 3.63) is 60.2 Å². The summed E-state index contributed by atoms with van der Waals surface area (Å²) in [5, 5.41) is 5.70. The Morgan fingerprint density at radius 1 is 1.18 bits per heavy atom. The summed E-state index contributed by atoms with van der Waals surface area (Å²) >= 11 is 0. The first-order chi connectivity index (χ1) is 15.8. The maximum absolute atomic E-state index is 13.4. The minimum Gasteiger partial charge on any atom is -0.508 e. The van der Waals surface area contributed by atoms with Crippen LogP contribution in [0.15, 0.2) is 48.9 Å². The summed E-state index contributed by atoms with van der Waals surface area (Å²) in [5.74, 6) is -1.63. The van der Waals surface area contributed by atoms with Gasteiger partial charge in [-0.1, -0.05) is 44.2 Å². The number of rotatable bonds is 9. The fourth-order valence-corrected chi connectivity index (χ4v) is 3.63. The van der Waals surface area contributed by atoms with Gasteiger partial charge < -0.3 is 19.9 Å². The SMILES string of the molecule is CC(C)CC(NC(=O)C(Cc1ccccc1)NC(=O)c1cnccn1)B1OC(=O)C[C@H](C)O1. The van der Waals surface area contributed by atoms with Gasteiger partial charge >= 0.3 is 7.12 Å². The summed E-state index contributed by atoms with van der Waals surface area (Å²) < 4.78 is 11.2. The van der Waals surface area contributed by atoms with Crippen LogP contribution < -0.4 is 10.6 Å². The fourth-order valence-electron chi connectivity index (χ4n) is 3.63. The zero-order valence-electron chi connectivity index (χ0n) is 19.1. The van der Waals surface area contributed by atoms with Gasteiger partial charge in [-0.15, -0.1) is 0 Å². The van der Waals surface area contributed by atoms with Crippen molar-refractivity contribution in [1.82, 2.24) is 20.6 Å². The molecule has 2 aromatic rings. The highest BCUT2D eigenvalue weighted by Gasteiger charge is 2.41. The molecular formula is C23H29BN4O5. The number of nitrogens with zero attached hydrogens (tertiary/aromatic N) is 2. The van der Waals surface area contributed by atoms with Crippen molar-refractivity contribution in [3.8, 4) is 0 Å². The Kier molecular flexibility index (Phi) is 8.54. The lowest BCUT2D eigenvalue weighted by Crippen LogP contribution is -2.58. The molecule has 9 nitrogen and oxygen atoms in total. The molecule has 1 aliphatic heterocycles. The van der Waals surface area contributed by atoms with Gasteiger partial charge in [0.25, 0.3) is 11.9 Å². The molecule has 1 aliphatic rings. The largest absolute Gasteiger partial charge is 0.551 e. The van der Waals surface area contributed by atoms with Crippen LogP contribution in [0.5, 0.6) is 0 Å². The molecule has 2 unspecified atom stereocenters. The first-order valence-electron chi connectivity index (χ1n) is 11.1. The highest BCUT2D eigenvalue weighted by Crippen LogP contribution is 2.18. The van der Waals surface area contributed by atoms with Crippen LogP contribution in [0.4, 0.5) is 0 Å². The van der Waals surface area contributed by atoms with Gasteiger partial charge in [-0.3, -0.25) is 19.4 Å². The van der Waals surface area contributed by atoms with Gasteiger partial charge in [0, 0.05) is 18.8 Å². The molecule has 1 aromatic carbocycles. The molecule has 1 aromatic heterocycles. The molecule has 0 aliphatic carbocycles. The predicted octanol–water partition coefficient (Wildman–Crippen LogP) is 1.73. The first-order valence-corrected chi connectivity index (χ1v) is 11.1. The highest BCUT2D eigenvalue weighted by molar-refractivity contribution is 6.49. The van der Waals surface area contributed by atoms with Crippen molar-refractivity contribution in [3.63, 3.8) is 0 Å².